The van der Waals surface area contributed by atoms with Crippen molar-refractivity contribution in [2.24, 2.45) is 0 Å². The highest BCUT2D eigenvalue weighted by atomic mass is 16.1. The molecule has 0 atom stereocenters. The molecule has 0 spiro atoms. The molecule has 0 aliphatic carbocycles. The quantitative estimate of drug-likeness (QED) is 0.728. The Hall–Kier alpha value is -2.86. The van der Waals surface area contributed by atoms with E-state index in [2.05, 4.69) is 44.8 Å². The summed E-state index contributed by atoms with van der Waals surface area (Å²) in [6.07, 6.45) is 2.60. The number of piperazine rings is 1. The molecule has 4 rings (SSSR count). The number of nitrogens with zero attached hydrogens (tertiary/aromatic N) is 3. The van der Waals surface area contributed by atoms with Crippen LogP contribution in [0, 0.1) is 6.92 Å². The Balaban J connectivity index is 1.35. The topological polar surface area (TPSA) is 61.7 Å². The van der Waals surface area contributed by atoms with Crippen molar-refractivity contribution in [1.29, 1.82) is 0 Å². The van der Waals surface area contributed by atoms with Crippen molar-refractivity contribution < 1.29 is 4.79 Å². The van der Waals surface area contributed by atoms with Crippen molar-refractivity contribution in [2.75, 3.05) is 37.6 Å². The van der Waals surface area contributed by atoms with Gasteiger partial charge in [-0.05, 0) is 43.2 Å². The van der Waals surface area contributed by atoms with Crippen LogP contribution in [-0.2, 0) is 6.42 Å². The van der Waals surface area contributed by atoms with Gasteiger partial charge in [0, 0.05) is 50.3 Å². The van der Waals surface area contributed by atoms with Gasteiger partial charge in [0.05, 0.1) is 0 Å². The number of pyridine rings is 1. The normalized spacial score (nSPS) is 14.5. The summed E-state index contributed by atoms with van der Waals surface area (Å²) in [5, 5.41) is 6.40. The first-order valence-electron chi connectivity index (χ1n) is 9.48. The molecule has 1 saturated heterocycles. The monoisotopic (exact) mass is 363 g/mol. The molecule has 140 valence electrons. The number of benzene rings is 1. The molecule has 0 bridgehead atoms. The molecule has 1 aromatic carbocycles. The van der Waals surface area contributed by atoms with Gasteiger partial charge in [0.1, 0.15) is 11.3 Å². The maximum atomic E-state index is 12.6. The molecule has 1 aliphatic rings. The van der Waals surface area contributed by atoms with Gasteiger partial charge in [0.15, 0.2) is 0 Å². The van der Waals surface area contributed by atoms with Gasteiger partial charge in [-0.3, -0.25) is 9.20 Å². The zero-order chi connectivity index (χ0) is 18.6. The van der Waals surface area contributed by atoms with E-state index < -0.39 is 0 Å². The van der Waals surface area contributed by atoms with Crippen LogP contribution in [0.1, 0.15) is 21.7 Å². The molecule has 1 aliphatic heterocycles. The van der Waals surface area contributed by atoms with E-state index >= 15 is 0 Å². The summed E-state index contributed by atoms with van der Waals surface area (Å²) in [6, 6.07) is 14.3. The van der Waals surface area contributed by atoms with E-state index in [0.717, 1.165) is 43.9 Å². The van der Waals surface area contributed by atoms with Crippen LogP contribution >= 0.6 is 0 Å². The van der Waals surface area contributed by atoms with E-state index in [1.807, 2.05) is 29.5 Å². The molecular weight excluding hydrogens is 338 g/mol. The van der Waals surface area contributed by atoms with Crippen molar-refractivity contribution in [3.63, 3.8) is 0 Å². The minimum Gasteiger partial charge on any atom is -0.369 e. The Labute approximate surface area is 159 Å². The van der Waals surface area contributed by atoms with Crippen LogP contribution in [0.3, 0.4) is 0 Å². The number of aromatic nitrogens is 2. The van der Waals surface area contributed by atoms with Crippen LogP contribution in [0.15, 0.2) is 48.7 Å². The number of rotatable bonds is 5. The fraction of sp³-hybridized carbons (Fsp3) is 0.333. The molecule has 0 unspecified atom stereocenters. The predicted molar refractivity (Wildman–Crippen MR) is 107 cm³/mol. The van der Waals surface area contributed by atoms with Crippen LogP contribution in [0.5, 0.6) is 0 Å². The second-order valence-electron chi connectivity index (χ2n) is 6.91. The first-order valence-corrected chi connectivity index (χ1v) is 9.48. The van der Waals surface area contributed by atoms with Crippen LogP contribution in [0.25, 0.3) is 5.65 Å². The van der Waals surface area contributed by atoms with Crippen LogP contribution < -0.4 is 15.5 Å². The third-order valence-corrected chi connectivity index (χ3v) is 5.06. The third kappa shape index (κ3) is 3.80. The van der Waals surface area contributed by atoms with Crippen molar-refractivity contribution in [3.05, 3.63) is 65.6 Å². The van der Waals surface area contributed by atoms with Crippen molar-refractivity contribution in [3.8, 4) is 0 Å². The van der Waals surface area contributed by atoms with E-state index in [-0.39, 0.29) is 5.91 Å². The molecule has 2 aromatic heterocycles. The van der Waals surface area contributed by atoms with E-state index in [0.29, 0.717) is 12.2 Å². The summed E-state index contributed by atoms with van der Waals surface area (Å²) < 4.78 is 1.89. The molecule has 3 heterocycles. The molecule has 2 N–H and O–H groups in total. The summed E-state index contributed by atoms with van der Waals surface area (Å²) in [6.45, 7) is 6.74. The highest BCUT2D eigenvalue weighted by Crippen LogP contribution is 2.16. The number of hydrogen-bond donors (Lipinski definition) is 2. The van der Waals surface area contributed by atoms with Crippen LogP contribution in [0.4, 0.5) is 5.69 Å². The second kappa shape index (κ2) is 7.80. The summed E-state index contributed by atoms with van der Waals surface area (Å²) in [7, 11) is 0. The summed E-state index contributed by atoms with van der Waals surface area (Å²) in [5.41, 5.74) is 4.87. The highest BCUT2D eigenvalue weighted by Gasteiger charge is 2.12. The second-order valence-corrected chi connectivity index (χ2v) is 6.91. The van der Waals surface area contributed by atoms with Crippen LogP contribution in [0.2, 0.25) is 0 Å². The van der Waals surface area contributed by atoms with Gasteiger partial charge in [0.2, 0.25) is 0 Å². The first kappa shape index (κ1) is 17.5. The molecule has 1 amide bonds. The molecule has 27 heavy (non-hydrogen) atoms. The Kier molecular flexibility index (Phi) is 5.07. The van der Waals surface area contributed by atoms with E-state index in [4.69, 9.17) is 0 Å². The summed E-state index contributed by atoms with van der Waals surface area (Å²) >= 11 is 0. The summed E-state index contributed by atoms with van der Waals surface area (Å²) in [5.74, 6) is -0.0702. The lowest BCUT2D eigenvalue weighted by Gasteiger charge is -2.29. The lowest BCUT2D eigenvalue weighted by Crippen LogP contribution is -2.43. The molecule has 6 heteroatoms. The standard InChI is InChI=1S/C21H25N5O/c1-16-15-24-20-4-2-3-19(26(16)20)21(27)23-10-9-17-5-7-18(8-6-17)25-13-11-22-12-14-25/h2-8,15,22H,9-14H2,1H3,(H,23,27). The molecule has 1 fully saturated rings. The molecule has 0 saturated carbocycles. The molecule has 3 aromatic rings. The van der Waals surface area contributed by atoms with Crippen molar-refractivity contribution in [2.45, 2.75) is 13.3 Å². The van der Waals surface area contributed by atoms with Gasteiger partial charge >= 0.3 is 0 Å². The van der Waals surface area contributed by atoms with Crippen molar-refractivity contribution in [1.82, 2.24) is 20.0 Å². The van der Waals surface area contributed by atoms with Gasteiger partial charge in [-0.15, -0.1) is 0 Å². The number of carbonyl (C=O) groups is 1. The number of anilines is 1. The fourth-order valence-electron chi connectivity index (χ4n) is 3.57. The average Bonchev–Trinajstić information content (AvgIpc) is 3.10. The molecular formula is C21H25N5O. The Morgan fingerprint density at radius 2 is 1.93 bits per heavy atom. The number of imidazole rings is 1. The largest absolute Gasteiger partial charge is 0.369 e. The smallest absolute Gasteiger partial charge is 0.268 e. The van der Waals surface area contributed by atoms with Gasteiger partial charge in [-0.25, -0.2) is 4.98 Å². The van der Waals surface area contributed by atoms with E-state index in [1.54, 1.807) is 6.20 Å². The number of nitrogens with one attached hydrogen (secondary N) is 2. The Morgan fingerprint density at radius 1 is 1.15 bits per heavy atom. The van der Waals surface area contributed by atoms with E-state index in [1.165, 1.54) is 11.3 Å². The number of hydrogen-bond acceptors (Lipinski definition) is 4. The Morgan fingerprint density at radius 3 is 2.70 bits per heavy atom. The minimum absolute atomic E-state index is 0.0702. The molecule has 6 nitrogen and oxygen atoms in total. The van der Waals surface area contributed by atoms with Crippen LogP contribution in [-0.4, -0.2) is 48.0 Å². The minimum atomic E-state index is -0.0702. The number of amides is 1. The SMILES string of the molecule is Cc1cnc2cccc(C(=O)NCCc3ccc(N4CCNCC4)cc3)n12. The van der Waals surface area contributed by atoms with E-state index in [9.17, 15) is 4.79 Å². The average molecular weight is 363 g/mol. The van der Waals surface area contributed by atoms with Gasteiger partial charge in [-0.1, -0.05) is 18.2 Å². The lowest BCUT2D eigenvalue weighted by molar-refractivity contribution is 0.0947. The maximum absolute atomic E-state index is 12.6. The van der Waals surface area contributed by atoms with Gasteiger partial charge in [0.25, 0.3) is 5.91 Å². The zero-order valence-electron chi connectivity index (χ0n) is 15.6. The fourth-order valence-corrected chi connectivity index (χ4v) is 3.57. The van der Waals surface area contributed by atoms with Gasteiger partial charge < -0.3 is 15.5 Å². The maximum Gasteiger partial charge on any atom is 0.268 e. The Bertz CT molecular complexity index is 925. The predicted octanol–water partition coefficient (Wildman–Crippen LogP) is 2.02. The number of fused-ring (bicyclic) bond motifs is 1. The lowest BCUT2D eigenvalue weighted by atomic mass is 10.1. The number of aryl methyl sites for hydroxylation is 1. The highest BCUT2D eigenvalue weighted by molar-refractivity contribution is 5.93. The van der Waals surface area contributed by atoms with Gasteiger partial charge in [-0.2, -0.15) is 0 Å². The third-order valence-electron chi connectivity index (χ3n) is 5.06. The summed E-state index contributed by atoms with van der Waals surface area (Å²) in [4.78, 5) is 19.3. The zero-order valence-corrected chi connectivity index (χ0v) is 15.6. The number of carbonyl (C=O) groups excluding carboxylic acids is 1. The molecule has 0 radical (unpaired) electrons. The van der Waals surface area contributed by atoms with Crippen molar-refractivity contribution >= 4 is 17.2 Å². The first-order chi connectivity index (χ1) is 13.2.